The van der Waals surface area contributed by atoms with Crippen LogP contribution in [0.3, 0.4) is 0 Å². The molecule has 168 valence electrons. The van der Waals surface area contributed by atoms with Gasteiger partial charge in [0.2, 0.25) is 5.91 Å². The van der Waals surface area contributed by atoms with Crippen LogP contribution in [0, 0.1) is 6.92 Å². The molecule has 0 saturated carbocycles. The molecule has 8 heteroatoms. The Labute approximate surface area is 209 Å². The number of nitrogens with zero attached hydrogens (tertiary/aromatic N) is 3. The van der Waals surface area contributed by atoms with Crippen LogP contribution in [0.5, 0.6) is 0 Å². The summed E-state index contributed by atoms with van der Waals surface area (Å²) in [5.74, 6) is 1.05. The van der Waals surface area contributed by atoms with Gasteiger partial charge in [-0.15, -0.1) is 10.2 Å². The first-order valence-electron chi connectivity index (χ1n) is 10.4. The Morgan fingerprint density at radius 1 is 1.00 bits per heavy atom. The maximum absolute atomic E-state index is 12.5. The van der Waals surface area contributed by atoms with Gasteiger partial charge in [0.05, 0.1) is 5.69 Å². The van der Waals surface area contributed by atoms with Crippen LogP contribution in [0.25, 0.3) is 34.1 Å². The number of aromatic nitrogens is 3. The third kappa shape index (κ3) is 4.81. The summed E-state index contributed by atoms with van der Waals surface area (Å²) < 4.78 is 6.83. The van der Waals surface area contributed by atoms with E-state index in [0.29, 0.717) is 22.0 Å². The molecular formula is C26H18BrClN4O2. The Hall–Kier alpha value is -3.68. The van der Waals surface area contributed by atoms with Gasteiger partial charge in [-0.25, -0.2) is 0 Å². The molecule has 0 bridgehead atoms. The molecule has 0 aliphatic rings. The van der Waals surface area contributed by atoms with E-state index in [1.807, 2.05) is 67.6 Å². The summed E-state index contributed by atoms with van der Waals surface area (Å²) in [5.41, 5.74) is 4.71. The van der Waals surface area contributed by atoms with Crippen LogP contribution in [-0.2, 0) is 4.79 Å². The molecule has 0 saturated heterocycles. The Morgan fingerprint density at radius 2 is 1.71 bits per heavy atom. The number of furan rings is 1. The fraction of sp³-hybridized carbons (Fsp3) is 0.0385. The van der Waals surface area contributed by atoms with Crippen molar-refractivity contribution in [2.24, 2.45) is 0 Å². The molecule has 1 amide bonds. The lowest BCUT2D eigenvalue weighted by atomic mass is 10.1. The van der Waals surface area contributed by atoms with Gasteiger partial charge < -0.3 is 9.73 Å². The van der Waals surface area contributed by atoms with E-state index in [9.17, 15) is 4.79 Å². The largest absolute Gasteiger partial charge is 0.457 e. The molecule has 2 aromatic heterocycles. The van der Waals surface area contributed by atoms with E-state index in [0.717, 1.165) is 32.6 Å². The zero-order chi connectivity index (χ0) is 23.7. The summed E-state index contributed by atoms with van der Waals surface area (Å²) >= 11 is 9.39. The van der Waals surface area contributed by atoms with Crippen LogP contribution in [0.4, 0.5) is 5.69 Å². The van der Waals surface area contributed by atoms with E-state index in [1.165, 1.54) is 6.08 Å². The number of benzene rings is 3. The number of hydrogen-bond acceptors (Lipinski definition) is 4. The summed E-state index contributed by atoms with van der Waals surface area (Å²) in [6.45, 7) is 1.91. The van der Waals surface area contributed by atoms with Gasteiger partial charge in [-0.3, -0.25) is 4.79 Å². The van der Waals surface area contributed by atoms with Crippen LogP contribution < -0.4 is 5.32 Å². The second-order valence-electron chi connectivity index (χ2n) is 7.65. The smallest absolute Gasteiger partial charge is 0.248 e. The summed E-state index contributed by atoms with van der Waals surface area (Å²) in [6, 6.07) is 22.5. The minimum Gasteiger partial charge on any atom is -0.457 e. The molecule has 0 atom stereocenters. The van der Waals surface area contributed by atoms with E-state index >= 15 is 0 Å². The van der Waals surface area contributed by atoms with E-state index < -0.39 is 0 Å². The number of nitrogens with one attached hydrogen (secondary N) is 1. The van der Waals surface area contributed by atoms with Crippen LogP contribution >= 0.6 is 27.5 Å². The number of halogens is 2. The molecule has 0 fully saturated rings. The number of carbonyl (C=O) groups is 1. The summed E-state index contributed by atoms with van der Waals surface area (Å²) in [5, 5.41) is 12.6. The summed E-state index contributed by atoms with van der Waals surface area (Å²) in [6.07, 6.45) is 3.08. The fourth-order valence-corrected chi connectivity index (χ4v) is 3.83. The minimum absolute atomic E-state index is 0.269. The van der Waals surface area contributed by atoms with E-state index in [-0.39, 0.29) is 5.91 Å². The first-order valence-corrected chi connectivity index (χ1v) is 11.6. The van der Waals surface area contributed by atoms with Gasteiger partial charge >= 0.3 is 0 Å². The van der Waals surface area contributed by atoms with Gasteiger partial charge in [-0.2, -0.15) is 4.80 Å². The van der Waals surface area contributed by atoms with Crippen LogP contribution in [0.2, 0.25) is 5.02 Å². The van der Waals surface area contributed by atoms with Crippen molar-refractivity contribution in [2.45, 2.75) is 6.92 Å². The first kappa shape index (κ1) is 22.1. The van der Waals surface area contributed by atoms with Crippen LogP contribution in [0.1, 0.15) is 11.3 Å². The van der Waals surface area contributed by atoms with Crippen LogP contribution in [0.15, 0.2) is 87.8 Å². The molecule has 5 rings (SSSR count). The minimum atomic E-state index is -0.269. The van der Waals surface area contributed by atoms with E-state index in [4.69, 9.17) is 16.0 Å². The van der Waals surface area contributed by atoms with Gasteiger partial charge in [0, 0.05) is 26.8 Å². The number of fused-ring (bicyclic) bond motifs is 1. The molecule has 5 aromatic rings. The lowest BCUT2D eigenvalue weighted by Gasteiger charge is -2.05. The lowest BCUT2D eigenvalue weighted by molar-refractivity contribution is -0.111. The molecule has 0 aliphatic carbocycles. The number of carbonyl (C=O) groups excluding carboxylic acids is 1. The molecule has 0 unspecified atom stereocenters. The zero-order valence-corrected chi connectivity index (χ0v) is 20.3. The van der Waals surface area contributed by atoms with Crippen LogP contribution in [-0.4, -0.2) is 20.9 Å². The Bertz CT molecular complexity index is 1520. The highest BCUT2D eigenvalue weighted by molar-refractivity contribution is 9.10. The standard InChI is InChI=1S/C26H18BrClN4O2/c1-16-14-23-24(31-32(30-23)20-8-6-19(28)7-9-20)15-22(16)29-26(33)13-11-21-10-12-25(34-21)17-2-4-18(27)5-3-17/h2-15H,1H3,(H,29,33)/b13-11+. The number of amides is 1. The molecular weight excluding hydrogens is 516 g/mol. The summed E-state index contributed by atoms with van der Waals surface area (Å²) in [4.78, 5) is 14.1. The van der Waals surface area contributed by atoms with Crippen molar-refractivity contribution in [1.82, 2.24) is 15.0 Å². The third-order valence-corrected chi connectivity index (χ3v) is 5.98. The molecule has 0 aliphatic heterocycles. The number of aryl methyl sites for hydroxylation is 1. The second kappa shape index (κ2) is 9.29. The van der Waals surface area contributed by atoms with Gasteiger partial charge in [-0.05, 0) is 79.2 Å². The van der Waals surface area contributed by atoms with Gasteiger partial charge in [0.25, 0.3) is 0 Å². The van der Waals surface area contributed by atoms with Gasteiger partial charge in [0.1, 0.15) is 22.6 Å². The average molecular weight is 534 g/mol. The average Bonchev–Trinajstić information content (AvgIpc) is 3.46. The van der Waals surface area contributed by atoms with Gasteiger partial charge in [-0.1, -0.05) is 39.7 Å². The molecule has 3 aromatic carbocycles. The maximum Gasteiger partial charge on any atom is 0.248 e. The lowest BCUT2D eigenvalue weighted by Crippen LogP contribution is -2.08. The first-order chi connectivity index (χ1) is 16.4. The van der Waals surface area contributed by atoms with E-state index in [2.05, 4.69) is 31.4 Å². The Balaban J connectivity index is 1.31. The van der Waals surface area contributed by atoms with Crippen molar-refractivity contribution >= 4 is 56.2 Å². The maximum atomic E-state index is 12.5. The van der Waals surface area contributed by atoms with Crippen molar-refractivity contribution in [3.8, 4) is 17.0 Å². The highest BCUT2D eigenvalue weighted by Gasteiger charge is 2.10. The Kier molecular flexibility index (Phi) is 6.04. The quantitative estimate of drug-likeness (QED) is 0.246. The fourth-order valence-electron chi connectivity index (χ4n) is 3.44. The molecule has 2 heterocycles. The number of hydrogen-bond donors (Lipinski definition) is 1. The monoisotopic (exact) mass is 532 g/mol. The number of rotatable bonds is 5. The third-order valence-electron chi connectivity index (χ3n) is 5.20. The molecule has 0 spiro atoms. The molecule has 34 heavy (non-hydrogen) atoms. The topological polar surface area (TPSA) is 73.0 Å². The molecule has 6 nitrogen and oxygen atoms in total. The van der Waals surface area contributed by atoms with Crippen molar-refractivity contribution in [1.29, 1.82) is 0 Å². The van der Waals surface area contributed by atoms with Crippen molar-refractivity contribution in [2.75, 3.05) is 5.32 Å². The SMILES string of the molecule is Cc1cc2nn(-c3ccc(Cl)cc3)nc2cc1NC(=O)/C=C/c1ccc(-c2ccc(Br)cc2)o1. The second-order valence-corrected chi connectivity index (χ2v) is 9.01. The highest BCUT2D eigenvalue weighted by Crippen LogP contribution is 2.25. The zero-order valence-electron chi connectivity index (χ0n) is 18.0. The van der Waals surface area contributed by atoms with Crippen molar-refractivity contribution in [3.63, 3.8) is 0 Å². The number of anilines is 1. The Morgan fingerprint density at radius 3 is 2.44 bits per heavy atom. The molecule has 0 radical (unpaired) electrons. The highest BCUT2D eigenvalue weighted by atomic mass is 79.9. The van der Waals surface area contributed by atoms with Crippen molar-refractivity contribution < 1.29 is 9.21 Å². The summed E-state index contributed by atoms with van der Waals surface area (Å²) in [7, 11) is 0. The predicted octanol–water partition coefficient (Wildman–Crippen LogP) is 7.06. The van der Waals surface area contributed by atoms with Crippen molar-refractivity contribution in [3.05, 3.63) is 99.7 Å². The predicted molar refractivity (Wildman–Crippen MR) is 138 cm³/mol. The van der Waals surface area contributed by atoms with Gasteiger partial charge in [0.15, 0.2) is 0 Å². The normalized spacial score (nSPS) is 11.4. The molecule has 1 N–H and O–H groups in total. The van der Waals surface area contributed by atoms with E-state index in [1.54, 1.807) is 23.0 Å².